The number of rotatable bonds is 3. The first-order valence-electron chi connectivity index (χ1n) is 4.86. The number of carbonyl (C=O) groups is 1. The Hall–Kier alpha value is -0.830. The van der Waals surface area contributed by atoms with Crippen molar-refractivity contribution in [2.45, 2.75) is 25.8 Å². The molecule has 0 spiro atoms. The predicted octanol–water partition coefficient (Wildman–Crippen LogP) is 0.677. The van der Waals surface area contributed by atoms with Gasteiger partial charge < -0.3 is 10.6 Å². The summed E-state index contributed by atoms with van der Waals surface area (Å²) in [6, 6.07) is 0.00343. The monoisotopic (exact) mass is 182 g/mol. The molecule has 0 aliphatic carbocycles. The smallest absolute Gasteiger partial charge is 0.237 e. The zero-order valence-electron chi connectivity index (χ0n) is 8.18. The fourth-order valence-electron chi connectivity index (χ4n) is 1.60. The largest absolute Gasteiger partial charge is 0.351 e. The zero-order valence-corrected chi connectivity index (χ0v) is 8.18. The lowest BCUT2D eigenvalue weighted by Gasteiger charge is -2.26. The van der Waals surface area contributed by atoms with Gasteiger partial charge in [-0.25, -0.2) is 0 Å². The Bertz CT molecular complexity index is 191. The summed E-state index contributed by atoms with van der Waals surface area (Å²) < 4.78 is 0. The quantitative estimate of drug-likeness (QED) is 0.630. The van der Waals surface area contributed by atoms with Gasteiger partial charge in [-0.3, -0.25) is 4.79 Å². The second-order valence-electron chi connectivity index (χ2n) is 3.67. The van der Waals surface area contributed by atoms with Crippen LogP contribution in [0.4, 0.5) is 0 Å². The van der Waals surface area contributed by atoms with Gasteiger partial charge in [0.25, 0.3) is 0 Å². The first kappa shape index (κ1) is 10.3. The summed E-state index contributed by atoms with van der Waals surface area (Å²) in [4.78, 5) is 11.5. The van der Waals surface area contributed by atoms with Crippen molar-refractivity contribution in [3.8, 4) is 0 Å². The van der Waals surface area contributed by atoms with Crippen LogP contribution >= 0.6 is 0 Å². The molecule has 74 valence electrons. The second-order valence-corrected chi connectivity index (χ2v) is 3.67. The van der Waals surface area contributed by atoms with Gasteiger partial charge in [0.1, 0.15) is 0 Å². The molecule has 2 atom stereocenters. The molecule has 0 radical (unpaired) electrons. The van der Waals surface area contributed by atoms with Crippen molar-refractivity contribution in [1.29, 1.82) is 0 Å². The number of carbonyl (C=O) groups excluding carboxylic acids is 1. The molecule has 0 bridgehead atoms. The van der Waals surface area contributed by atoms with E-state index in [1.165, 1.54) is 6.42 Å². The summed E-state index contributed by atoms with van der Waals surface area (Å²) in [6.07, 6.45) is 3.82. The maximum Gasteiger partial charge on any atom is 0.237 e. The van der Waals surface area contributed by atoms with Crippen molar-refractivity contribution in [1.82, 2.24) is 10.6 Å². The van der Waals surface area contributed by atoms with E-state index in [4.69, 9.17) is 0 Å². The van der Waals surface area contributed by atoms with Gasteiger partial charge in [-0.15, -0.1) is 6.58 Å². The van der Waals surface area contributed by atoms with Crippen LogP contribution in [0.25, 0.3) is 0 Å². The number of hydrogen-bond donors (Lipinski definition) is 2. The Kier molecular flexibility index (Phi) is 3.96. The summed E-state index contributed by atoms with van der Waals surface area (Å²) in [7, 11) is 0. The molecule has 0 aromatic carbocycles. The summed E-state index contributed by atoms with van der Waals surface area (Å²) >= 11 is 0. The third-order valence-corrected chi connectivity index (χ3v) is 2.40. The van der Waals surface area contributed by atoms with Gasteiger partial charge in [0.2, 0.25) is 5.91 Å². The fraction of sp³-hybridized carbons (Fsp3) is 0.700. The Morgan fingerprint density at radius 1 is 1.77 bits per heavy atom. The summed E-state index contributed by atoms with van der Waals surface area (Å²) in [6.45, 7) is 7.26. The van der Waals surface area contributed by atoms with E-state index < -0.39 is 0 Å². The van der Waals surface area contributed by atoms with Crippen LogP contribution in [0.15, 0.2) is 12.7 Å². The average molecular weight is 182 g/mol. The minimum Gasteiger partial charge on any atom is -0.351 e. The van der Waals surface area contributed by atoms with Crippen LogP contribution < -0.4 is 10.6 Å². The Balaban J connectivity index is 2.32. The number of amides is 1. The van der Waals surface area contributed by atoms with Crippen LogP contribution in [0, 0.1) is 5.92 Å². The molecule has 1 aliphatic heterocycles. The zero-order chi connectivity index (χ0) is 9.68. The minimum absolute atomic E-state index is 0.00343. The minimum atomic E-state index is 0.00343. The van der Waals surface area contributed by atoms with Gasteiger partial charge in [0.15, 0.2) is 0 Å². The van der Waals surface area contributed by atoms with Gasteiger partial charge in [-0.1, -0.05) is 13.0 Å². The van der Waals surface area contributed by atoms with E-state index in [-0.39, 0.29) is 11.9 Å². The molecular formula is C10H18N2O. The van der Waals surface area contributed by atoms with Gasteiger partial charge in [-0.05, 0) is 25.3 Å². The number of piperidine rings is 1. The molecule has 2 unspecified atom stereocenters. The molecule has 13 heavy (non-hydrogen) atoms. The molecule has 0 saturated carbocycles. The lowest BCUT2D eigenvalue weighted by atomic mass is 9.94. The Morgan fingerprint density at radius 3 is 3.15 bits per heavy atom. The molecular weight excluding hydrogens is 164 g/mol. The van der Waals surface area contributed by atoms with Crippen molar-refractivity contribution in [2.75, 3.05) is 13.1 Å². The van der Waals surface area contributed by atoms with Crippen molar-refractivity contribution in [3.63, 3.8) is 0 Å². The van der Waals surface area contributed by atoms with Crippen molar-refractivity contribution in [2.24, 2.45) is 5.92 Å². The van der Waals surface area contributed by atoms with E-state index in [2.05, 4.69) is 24.1 Å². The normalized spacial score (nSPS) is 28.1. The van der Waals surface area contributed by atoms with Crippen molar-refractivity contribution >= 4 is 5.91 Å². The van der Waals surface area contributed by atoms with Crippen LogP contribution in [0.2, 0.25) is 0 Å². The molecule has 0 aromatic rings. The highest BCUT2D eigenvalue weighted by Gasteiger charge is 2.23. The van der Waals surface area contributed by atoms with Crippen LogP contribution in [-0.4, -0.2) is 25.0 Å². The highest BCUT2D eigenvalue weighted by Crippen LogP contribution is 2.14. The molecule has 3 nitrogen and oxygen atoms in total. The topological polar surface area (TPSA) is 41.1 Å². The molecule has 1 saturated heterocycles. The second kappa shape index (κ2) is 5.02. The van der Waals surface area contributed by atoms with Crippen molar-refractivity contribution in [3.05, 3.63) is 12.7 Å². The summed E-state index contributed by atoms with van der Waals surface area (Å²) in [5.74, 6) is 0.757. The van der Waals surface area contributed by atoms with E-state index in [0.29, 0.717) is 12.5 Å². The lowest BCUT2D eigenvalue weighted by Crippen LogP contribution is -2.48. The van der Waals surface area contributed by atoms with E-state index in [1.54, 1.807) is 6.08 Å². The third-order valence-electron chi connectivity index (χ3n) is 2.40. The van der Waals surface area contributed by atoms with Crippen molar-refractivity contribution < 1.29 is 4.79 Å². The standard InChI is InChI=1S/C10H18N2O/c1-3-5-12-10(13)9-7-8(2)4-6-11-9/h3,8-9,11H,1,4-7H2,2H3,(H,12,13). The lowest BCUT2D eigenvalue weighted by molar-refractivity contribution is -0.123. The highest BCUT2D eigenvalue weighted by atomic mass is 16.2. The molecule has 2 N–H and O–H groups in total. The first-order valence-corrected chi connectivity index (χ1v) is 4.86. The first-order chi connectivity index (χ1) is 6.24. The molecule has 1 aliphatic rings. The van der Waals surface area contributed by atoms with Crippen LogP contribution in [0.3, 0.4) is 0 Å². The molecule has 3 heteroatoms. The predicted molar refractivity (Wildman–Crippen MR) is 53.4 cm³/mol. The van der Waals surface area contributed by atoms with Crippen LogP contribution in [0.1, 0.15) is 19.8 Å². The van der Waals surface area contributed by atoms with Gasteiger partial charge >= 0.3 is 0 Å². The fourth-order valence-corrected chi connectivity index (χ4v) is 1.60. The summed E-state index contributed by atoms with van der Waals surface area (Å²) in [5, 5.41) is 6.01. The van der Waals surface area contributed by atoms with Crippen LogP contribution in [0.5, 0.6) is 0 Å². The van der Waals surface area contributed by atoms with E-state index in [9.17, 15) is 4.79 Å². The SMILES string of the molecule is C=CCNC(=O)C1CC(C)CCN1. The number of nitrogens with one attached hydrogen (secondary N) is 2. The van der Waals surface area contributed by atoms with E-state index in [1.807, 2.05) is 0 Å². The average Bonchev–Trinajstić information content (AvgIpc) is 2.14. The highest BCUT2D eigenvalue weighted by molar-refractivity contribution is 5.81. The molecule has 0 aromatic heterocycles. The maximum absolute atomic E-state index is 11.5. The van der Waals surface area contributed by atoms with E-state index >= 15 is 0 Å². The maximum atomic E-state index is 11.5. The molecule has 1 heterocycles. The third kappa shape index (κ3) is 3.19. The Labute approximate surface area is 79.6 Å². The summed E-state index contributed by atoms with van der Waals surface area (Å²) in [5.41, 5.74) is 0. The molecule has 1 amide bonds. The van der Waals surface area contributed by atoms with Gasteiger partial charge in [0, 0.05) is 6.54 Å². The Morgan fingerprint density at radius 2 is 2.54 bits per heavy atom. The van der Waals surface area contributed by atoms with Gasteiger partial charge in [0.05, 0.1) is 6.04 Å². The molecule has 1 fully saturated rings. The van der Waals surface area contributed by atoms with Crippen LogP contribution in [-0.2, 0) is 4.79 Å². The van der Waals surface area contributed by atoms with Gasteiger partial charge in [-0.2, -0.15) is 0 Å². The molecule has 1 rings (SSSR count). The van der Waals surface area contributed by atoms with E-state index in [0.717, 1.165) is 13.0 Å². The number of hydrogen-bond acceptors (Lipinski definition) is 2.